The van der Waals surface area contributed by atoms with Gasteiger partial charge in [0, 0.05) is 0 Å². The highest BCUT2D eigenvalue weighted by Gasteiger charge is 2.10. The number of nitrogens with zero attached hydrogens (tertiary/aromatic N) is 1. The minimum absolute atomic E-state index is 0.301. The zero-order valence-electron chi connectivity index (χ0n) is 14.0. The zero-order valence-corrected chi connectivity index (χ0v) is 14.0. The molecule has 0 unspecified atom stereocenters. The standard InChI is InChI=1S/C19H19NO4/c1-12-7-8-16-15(11-12)18(21)24-19(22)20(16)9-10-23-17-6-4-5-13(2)14(17)3/h4-8,11H,9-10H2,1-3H3. The van der Waals surface area contributed by atoms with Crippen LogP contribution in [0.2, 0.25) is 0 Å². The van der Waals surface area contributed by atoms with Crippen molar-refractivity contribution in [3.05, 3.63) is 74.1 Å². The average molecular weight is 325 g/mol. The molecule has 0 aliphatic rings. The molecule has 1 heterocycles. The highest BCUT2D eigenvalue weighted by molar-refractivity contribution is 5.78. The summed E-state index contributed by atoms with van der Waals surface area (Å²) in [4.78, 5) is 23.9. The molecule has 0 amide bonds. The van der Waals surface area contributed by atoms with Crippen molar-refractivity contribution in [1.29, 1.82) is 0 Å². The average Bonchev–Trinajstić information content (AvgIpc) is 2.54. The Labute approximate surface area is 139 Å². The number of rotatable bonds is 4. The van der Waals surface area contributed by atoms with Crippen molar-refractivity contribution in [1.82, 2.24) is 4.57 Å². The van der Waals surface area contributed by atoms with Gasteiger partial charge in [0.05, 0.1) is 17.4 Å². The van der Waals surface area contributed by atoms with Crippen molar-refractivity contribution in [2.24, 2.45) is 0 Å². The fraction of sp³-hybridized carbons (Fsp3) is 0.263. The number of hydrogen-bond donors (Lipinski definition) is 0. The molecule has 2 aromatic carbocycles. The van der Waals surface area contributed by atoms with Gasteiger partial charge in [0.2, 0.25) is 0 Å². The fourth-order valence-electron chi connectivity index (χ4n) is 2.68. The maximum absolute atomic E-state index is 12.0. The molecule has 0 aliphatic heterocycles. The van der Waals surface area contributed by atoms with E-state index in [1.54, 1.807) is 12.1 Å². The van der Waals surface area contributed by atoms with Crippen LogP contribution in [-0.2, 0) is 6.54 Å². The summed E-state index contributed by atoms with van der Waals surface area (Å²) in [5.74, 6) is 0.126. The second kappa shape index (κ2) is 6.35. The van der Waals surface area contributed by atoms with E-state index in [4.69, 9.17) is 9.15 Å². The van der Waals surface area contributed by atoms with Crippen molar-refractivity contribution in [2.75, 3.05) is 6.61 Å². The Morgan fingerprint density at radius 1 is 1.08 bits per heavy atom. The van der Waals surface area contributed by atoms with Crippen LogP contribution in [0.25, 0.3) is 10.9 Å². The molecule has 0 saturated carbocycles. The number of aryl methyl sites for hydroxylation is 2. The van der Waals surface area contributed by atoms with Crippen LogP contribution in [0.3, 0.4) is 0 Å². The molecule has 0 atom stereocenters. The van der Waals surface area contributed by atoms with Crippen molar-refractivity contribution < 1.29 is 9.15 Å². The first-order valence-corrected chi connectivity index (χ1v) is 7.80. The molecule has 5 heteroatoms. The highest BCUT2D eigenvalue weighted by atomic mass is 16.5. The summed E-state index contributed by atoms with van der Waals surface area (Å²) in [6, 6.07) is 11.2. The lowest BCUT2D eigenvalue weighted by Crippen LogP contribution is -2.27. The van der Waals surface area contributed by atoms with Gasteiger partial charge in [-0.1, -0.05) is 23.8 Å². The third-order valence-corrected chi connectivity index (χ3v) is 4.19. The lowest BCUT2D eigenvalue weighted by atomic mass is 10.1. The van der Waals surface area contributed by atoms with Crippen LogP contribution in [0.5, 0.6) is 5.75 Å². The summed E-state index contributed by atoms with van der Waals surface area (Å²) in [5.41, 5.74) is 3.12. The third kappa shape index (κ3) is 2.97. The van der Waals surface area contributed by atoms with Gasteiger partial charge in [0.1, 0.15) is 12.4 Å². The summed E-state index contributed by atoms with van der Waals surface area (Å²) in [5, 5.41) is 0.404. The van der Waals surface area contributed by atoms with Crippen LogP contribution in [0, 0.1) is 20.8 Å². The molecule has 0 radical (unpaired) electrons. The molecule has 124 valence electrons. The van der Waals surface area contributed by atoms with E-state index in [1.165, 1.54) is 4.57 Å². The van der Waals surface area contributed by atoms with Crippen LogP contribution in [0.1, 0.15) is 16.7 Å². The topological polar surface area (TPSA) is 61.4 Å². The summed E-state index contributed by atoms with van der Waals surface area (Å²) in [6.07, 6.45) is 0. The number of hydrogen-bond acceptors (Lipinski definition) is 4. The van der Waals surface area contributed by atoms with E-state index in [9.17, 15) is 9.59 Å². The molecular formula is C19H19NO4. The Morgan fingerprint density at radius 2 is 1.88 bits per heavy atom. The number of benzene rings is 2. The summed E-state index contributed by atoms with van der Waals surface area (Å²) in [6.45, 7) is 6.51. The van der Waals surface area contributed by atoms with E-state index >= 15 is 0 Å². The minimum atomic E-state index is -0.666. The second-order valence-corrected chi connectivity index (χ2v) is 5.87. The van der Waals surface area contributed by atoms with Gasteiger partial charge in [0.25, 0.3) is 0 Å². The van der Waals surface area contributed by atoms with Crippen LogP contribution < -0.4 is 16.1 Å². The van der Waals surface area contributed by atoms with Gasteiger partial charge in [0.15, 0.2) is 0 Å². The molecule has 0 spiro atoms. The number of aromatic nitrogens is 1. The van der Waals surface area contributed by atoms with Crippen molar-refractivity contribution in [2.45, 2.75) is 27.3 Å². The SMILES string of the molecule is Cc1ccc2c(c1)c(=O)oc(=O)n2CCOc1cccc(C)c1C. The molecule has 24 heavy (non-hydrogen) atoms. The monoisotopic (exact) mass is 325 g/mol. The van der Waals surface area contributed by atoms with Gasteiger partial charge in [-0.25, -0.2) is 9.59 Å². The van der Waals surface area contributed by atoms with Gasteiger partial charge in [-0.15, -0.1) is 0 Å². The van der Waals surface area contributed by atoms with Crippen molar-refractivity contribution in [3.8, 4) is 5.75 Å². The lowest BCUT2D eigenvalue weighted by molar-refractivity contribution is 0.285. The van der Waals surface area contributed by atoms with Gasteiger partial charge in [-0.3, -0.25) is 4.57 Å². The normalized spacial score (nSPS) is 11.0. The Morgan fingerprint density at radius 3 is 2.67 bits per heavy atom. The van der Waals surface area contributed by atoms with Crippen molar-refractivity contribution in [3.63, 3.8) is 0 Å². The number of fused-ring (bicyclic) bond motifs is 1. The highest BCUT2D eigenvalue weighted by Crippen LogP contribution is 2.20. The summed E-state index contributed by atoms with van der Waals surface area (Å²) >= 11 is 0. The quantitative estimate of drug-likeness (QED) is 0.740. The first-order chi connectivity index (χ1) is 11.5. The van der Waals surface area contributed by atoms with Gasteiger partial charge >= 0.3 is 11.4 Å². The molecule has 0 aliphatic carbocycles. The second-order valence-electron chi connectivity index (χ2n) is 5.87. The molecule has 0 fully saturated rings. The first-order valence-electron chi connectivity index (χ1n) is 7.80. The van der Waals surface area contributed by atoms with E-state index in [0.717, 1.165) is 22.4 Å². The van der Waals surface area contributed by atoms with Crippen LogP contribution in [0.15, 0.2) is 50.4 Å². The maximum atomic E-state index is 12.0. The van der Waals surface area contributed by atoms with Gasteiger partial charge in [-0.2, -0.15) is 0 Å². The largest absolute Gasteiger partial charge is 0.491 e. The molecule has 0 N–H and O–H groups in total. The van der Waals surface area contributed by atoms with E-state index < -0.39 is 11.4 Å². The minimum Gasteiger partial charge on any atom is -0.491 e. The first kappa shape index (κ1) is 16.1. The fourth-order valence-corrected chi connectivity index (χ4v) is 2.68. The zero-order chi connectivity index (χ0) is 17.3. The van der Waals surface area contributed by atoms with E-state index in [0.29, 0.717) is 24.1 Å². The molecule has 0 saturated heterocycles. The smallest absolute Gasteiger partial charge is 0.422 e. The Kier molecular flexibility index (Phi) is 4.25. The lowest BCUT2D eigenvalue weighted by Gasteiger charge is -2.12. The van der Waals surface area contributed by atoms with E-state index in [1.807, 2.05) is 45.0 Å². The molecular weight excluding hydrogens is 306 g/mol. The Hall–Kier alpha value is -2.82. The Bertz CT molecular complexity index is 1010. The molecule has 3 aromatic rings. The molecule has 0 bridgehead atoms. The summed E-state index contributed by atoms with van der Waals surface area (Å²) < 4.78 is 12.1. The van der Waals surface area contributed by atoms with Gasteiger partial charge < -0.3 is 9.15 Å². The van der Waals surface area contributed by atoms with Gasteiger partial charge in [-0.05, 0) is 50.1 Å². The van der Waals surface area contributed by atoms with E-state index in [2.05, 4.69) is 0 Å². The third-order valence-electron chi connectivity index (χ3n) is 4.19. The van der Waals surface area contributed by atoms with Crippen LogP contribution in [-0.4, -0.2) is 11.2 Å². The van der Waals surface area contributed by atoms with Crippen LogP contribution >= 0.6 is 0 Å². The molecule has 3 rings (SSSR count). The van der Waals surface area contributed by atoms with Crippen LogP contribution in [0.4, 0.5) is 0 Å². The molecule has 1 aromatic heterocycles. The Balaban J connectivity index is 1.89. The van der Waals surface area contributed by atoms with Crippen molar-refractivity contribution >= 4 is 10.9 Å². The molecule has 5 nitrogen and oxygen atoms in total. The predicted octanol–water partition coefficient (Wildman–Crippen LogP) is 2.96. The maximum Gasteiger partial charge on any atom is 0.422 e. The number of ether oxygens (including phenoxy) is 1. The van der Waals surface area contributed by atoms with E-state index in [-0.39, 0.29) is 0 Å². The summed E-state index contributed by atoms with van der Waals surface area (Å²) in [7, 11) is 0. The predicted molar refractivity (Wildman–Crippen MR) is 92.9 cm³/mol.